The number of fused-ring (bicyclic) bond motifs is 1. The van der Waals surface area contributed by atoms with Gasteiger partial charge in [0, 0.05) is 19.0 Å². The maximum Gasteiger partial charge on any atom is 0.274 e. The number of nitrogens with zero attached hydrogens (tertiary/aromatic N) is 3. The molecule has 2 aromatic carbocycles. The Morgan fingerprint density at radius 1 is 1.07 bits per heavy atom. The lowest BCUT2D eigenvalue weighted by Gasteiger charge is -2.18. The molecule has 0 fully saturated rings. The Bertz CT molecular complexity index is 982. The van der Waals surface area contributed by atoms with Crippen LogP contribution >= 0.6 is 0 Å². The second-order valence-electron chi connectivity index (χ2n) is 6.53. The number of carbonyl (C=O) groups excluding carboxylic acids is 1. The third-order valence-corrected chi connectivity index (χ3v) is 4.51. The number of benzene rings is 2. The van der Waals surface area contributed by atoms with Crippen LogP contribution in [0.5, 0.6) is 0 Å². The van der Waals surface area contributed by atoms with E-state index in [2.05, 4.69) is 10.4 Å². The van der Waals surface area contributed by atoms with Gasteiger partial charge in [0.15, 0.2) is 5.69 Å². The van der Waals surface area contributed by atoms with Crippen LogP contribution in [0.25, 0.3) is 10.8 Å². The first-order chi connectivity index (χ1) is 13.1. The summed E-state index contributed by atoms with van der Waals surface area (Å²) in [5.74, 6) is -0.177. The van der Waals surface area contributed by atoms with Crippen molar-refractivity contribution >= 4 is 16.7 Å². The van der Waals surface area contributed by atoms with Crippen LogP contribution < -0.4 is 10.9 Å². The lowest BCUT2D eigenvalue weighted by Crippen LogP contribution is -2.33. The first-order valence-electron chi connectivity index (χ1n) is 9.05. The molecule has 0 unspecified atom stereocenters. The van der Waals surface area contributed by atoms with Crippen molar-refractivity contribution in [1.29, 1.82) is 0 Å². The molecule has 0 radical (unpaired) electrons. The van der Waals surface area contributed by atoms with Crippen LogP contribution in [-0.2, 0) is 6.54 Å². The lowest BCUT2D eigenvalue weighted by molar-refractivity contribution is 0.0787. The molecular weight excluding hydrogens is 340 g/mol. The number of aromatic nitrogens is 2. The standard InChI is InChI=1S/C21H24N4O2/c1-22-13-8-14-24(2)21(27)19-17-11-6-7-12-18(17)20(26)25(23-19)15-16-9-4-3-5-10-16/h3-7,9-12,22H,8,13-15H2,1-2H3. The van der Waals surface area contributed by atoms with Gasteiger partial charge in [0.05, 0.1) is 11.9 Å². The van der Waals surface area contributed by atoms with E-state index >= 15 is 0 Å². The van der Waals surface area contributed by atoms with E-state index in [1.165, 1.54) is 4.68 Å². The van der Waals surface area contributed by atoms with Crippen LogP contribution in [0.3, 0.4) is 0 Å². The summed E-state index contributed by atoms with van der Waals surface area (Å²) in [4.78, 5) is 27.5. The van der Waals surface area contributed by atoms with E-state index in [0.29, 0.717) is 29.6 Å². The average molecular weight is 364 g/mol. The highest BCUT2D eigenvalue weighted by Crippen LogP contribution is 2.15. The normalized spacial score (nSPS) is 10.9. The molecular formula is C21H24N4O2. The van der Waals surface area contributed by atoms with Gasteiger partial charge in [-0.05, 0) is 31.6 Å². The monoisotopic (exact) mass is 364 g/mol. The molecule has 1 N–H and O–H groups in total. The minimum absolute atomic E-state index is 0.177. The smallest absolute Gasteiger partial charge is 0.274 e. The van der Waals surface area contributed by atoms with Crippen molar-refractivity contribution < 1.29 is 4.79 Å². The molecule has 27 heavy (non-hydrogen) atoms. The highest BCUT2D eigenvalue weighted by molar-refractivity contribution is 6.04. The number of carbonyl (C=O) groups is 1. The third-order valence-electron chi connectivity index (χ3n) is 4.51. The Morgan fingerprint density at radius 2 is 1.74 bits per heavy atom. The van der Waals surface area contributed by atoms with E-state index in [-0.39, 0.29) is 11.5 Å². The van der Waals surface area contributed by atoms with Gasteiger partial charge in [-0.1, -0.05) is 48.5 Å². The molecule has 0 aliphatic carbocycles. The van der Waals surface area contributed by atoms with Gasteiger partial charge in [-0.25, -0.2) is 4.68 Å². The summed E-state index contributed by atoms with van der Waals surface area (Å²) in [6.07, 6.45) is 0.848. The van der Waals surface area contributed by atoms with Gasteiger partial charge in [-0.2, -0.15) is 5.10 Å². The van der Waals surface area contributed by atoms with Crippen LogP contribution in [0.1, 0.15) is 22.5 Å². The molecule has 140 valence electrons. The minimum atomic E-state index is -0.191. The summed E-state index contributed by atoms with van der Waals surface area (Å²) in [5.41, 5.74) is 1.08. The zero-order valence-electron chi connectivity index (χ0n) is 15.7. The van der Waals surface area contributed by atoms with Crippen molar-refractivity contribution in [1.82, 2.24) is 20.0 Å². The molecule has 0 aliphatic rings. The molecule has 0 bridgehead atoms. The third kappa shape index (κ3) is 4.23. The van der Waals surface area contributed by atoms with Crippen LogP contribution in [0.15, 0.2) is 59.4 Å². The summed E-state index contributed by atoms with van der Waals surface area (Å²) in [7, 11) is 3.65. The Morgan fingerprint density at radius 3 is 2.44 bits per heavy atom. The summed E-state index contributed by atoms with van der Waals surface area (Å²) in [6.45, 7) is 1.78. The molecule has 1 aromatic heterocycles. The first kappa shape index (κ1) is 18.8. The zero-order chi connectivity index (χ0) is 19.2. The topological polar surface area (TPSA) is 67.2 Å². The van der Waals surface area contributed by atoms with E-state index < -0.39 is 0 Å². The number of rotatable bonds is 7. The number of hydrogen-bond acceptors (Lipinski definition) is 4. The Kier molecular flexibility index (Phi) is 5.98. The molecule has 1 amide bonds. The predicted octanol–water partition coefficient (Wildman–Crippen LogP) is 2.13. The molecule has 0 saturated heterocycles. The largest absolute Gasteiger partial charge is 0.340 e. The molecule has 0 saturated carbocycles. The summed E-state index contributed by atoms with van der Waals surface area (Å²) in [6, 6.07) is 16.8. The van der Waals surface area contributed by atoms with Gasteiger partial charge < -0.3 is 10.2 Å². The van der Waals surface area contributed by atoms with Crippen LogP contribution in [0.4, 0.5) is 0 Å². The molecule has 3 rings (SSSR count). The minimum Gasteiger partial charge on any atom is -0.340 e. The fraction of sp³-hybridized carbons (Fsp3) is 0.286. The summed E-state index contributed by atoms with van der Waals surface area (Å²) < 4.78 is 1.38. The summed E-state index contributed by atoms with van der Waals surface area (Å²) in [5, 5.41) is 8.62. The van der Waals surface area contributed by atoms with E-state index in [1.807, 2.05) is 49.5 Å². The Balaban J connectivity index is 2.02. The van der Waals surface area contributed by atoms with E-state index in [0.717, 1.165) is 18.5 Å². The van der Waals surface area contributed by atoms with E-state index in [1.54, 1.807) is 24.1 Å². The van der Waals surface area contributed by atoms with Gasteiger partial charge in [-0.3, -0.25) is 9.59 Å². The van der Waals surface area contributed by atoms with Gasteiger partial charge in [0.2, 0.25) is 0 Å². The van der Waals surface area contributed by atoms with Crippen molar-refractivity contribution in [3.05, 3.63) is 76.2 Å². The molecule has 0 aliphatic heterocycles. The maximum absolute atomic E-state index is 13.0. The number of amides is 1. The molecule has 6 nitrogen and oxygen atoms in total. The summed E-state index contributed by atoms with van der Waals surface area (Å²) >= 11 is 0. The maximum atomic E-state index is 13.0. The van der Waals surface area contributed by atoms with Gasteiger partial charge in [0.25, 0.3) is 11.5 Å². The molecule has 0 spiro atoms. The first-order valence-corrected chi connectivity index (χ1v) is 9.05. The van der Waals surface area contributed by atoms with Crippen molar-refractivity contribution in [3.8, 4) is 0 Å². The fourth-order valence-corrected chi connectivity index (χ4v) is 3.03. The molecule has 3 aromatic rings. The van der Waals surface area contributed by atoms with Crippen molar-refractivity contribution in [3.63, 3.8) is 0 Å². The Labute approximate surface area is 158 Å². The van der Waals surface area contributed by atoms with Crippen LogP contribution in [0.2, 0.25) is 0 Å². The van der Waals surface area contributed by atoms with Gasteiger partial charge in [0.1, 0.15) is 0 Å². The van der Waals surface area contributed by atoms with Gasteiger partial charge >= 0.3 is 0 Å². The van der Waals surface area contributed by atoms with Crippen LogP contribution in [-0.4, -0.2) is 47.8 Å². The van der Waals surface area contributed by atoms with Crippen LogP contribution in [0, 0.1) is 0 Å². The fourth-order valence-electron chi connectivity index (χ4n) is 3.03. The lowest BCUT2D eigenvalue weighted by atomic mass is 10.1. The highest BCUT2D eigenvalue weighted by Gasteiger charge is 2.19. The quantitative estimate of drug-likeness (QED) is 0.652. The van der Waals surface area contributed by atoms with E-state index in [9.17, 15) is 9.59 Å². The zero-order valence-corrected chi connectivity index (χ0v) is 15.7. The Hall–Kier alpha value is -2.99. The average Bonchev–Trinajstić information content (AvgIpc) is 2.70. The molecule has 6 heteroatoms. The second kappa shape index (κ2) is 8.60. The SMILES string of the molecule is CNCCCN(C)C(=O)c1nn(Cc2ccccc2)c(=O)c2ccccc12. The molecule has 1 heterocycles. The predicted molar refractivity (Wildman–Crippen MR) is 107 cm³/mol. The van der Waals surface area contributed by atoms with Gasteiger partial charge in [-0.15, -0.1) is 0 Å². The van der Waals surface area contributed by atoms with E-state index in [4.69, 9.17) is 0 Å². The van der Waals surface area contributed by atoms with Crippen molar-refractivity contribution in [2.24, 2.45) is 0 Å². The highest BCUT2D eigenvalue weighted by atomic mass is 16.2. The number of hydrogen-bond donors (Lipinski definition) is 1. The molecule has 0 atom stereocenters. The number of nitrogens with one attached hydrogen (secondary N) is 1. The van der Waals surface area contributed by atoms with Crippen molar-refractivity contribution in [2.45, 2.75) is 13.0 Å². The second-order valence-corrected chi connectivity index (χ2v) is 6.53. The van der Waals surface area contributed by atoms with Crippen molar-refractivity contribution in [2.75, 3.05) is 27.2 Å².